The van der Waals surface area contributed by atoms with Crippen LogP contribution in [0.5, 0.6) is 0 Å². The van der Waals surface area contributed by atoms with Gasteiger partial charge in [0, 0.05) is 6.20 Å². The van der Waals surface area contributed by atoms with Gasteiger partial charge in [-0.1, -0.05) is 0 Å². The van der Waals surface area contributed by atoms with Crippen molar-refractivity contribution >= 4 is 11.7 Å². The average molecular weight is 196 g/mol. The molecule has 0 aliphatic heterocycles. The lowest BCUT2D eigenvalue weighted by molar-refractivity contribution is -0.385. The van der Waals surface area contributed by atoms with E-state index >= 15 is 0 Å². The van der Waals surface area contributed by atoms with Gasteiger partial charge >= 0.3 is 11.7 Å². The van der Waals surface area contributed by atoms with Crippen LogP contribution < -0.4 is 0 Å². The summed E-state index contributed by atoms with van der Waals surface area (Å²) >= 11 is 0. The molecule has 0 bridgehead atoms. The van der Waals surface area contributed by atoms with Crippen LogP contribution in [0.3, 0.4) is 0 Å². The van der Waals surface area contributed by atoms with Gasteiger partial charge in [-0.2, -0.15) is 0 Å². The van der Waals surface area contributed by atoms with Crippen molar-refractivity contribution in [2.45, 2.75) is 6.92 Å². The highest BCUT2D eigenvalue weighted by Gasteiger charge is 2.23. The molecule has 1 aromatic rings. The Balaban J connectivity index is 3.36. The molecule has 0 aromatic carbocycles. The standard InChI is InChI=1S/C8H8N2O4/c1-5-3-9-4-6(10(12)13)7(5)8(11)14-2/h3-4H,1-2H3. The monoisotopic (exact) mass is 196 g/mol. The van der Waals surface area contributed by atoms with Crippen LogP contribution in [-0.2, 0) is 4.74 Å². The lowest BCUT2D eigenvalue weighted by atomic mass is 10.1. The first kappa shape index (κ1) is 10.1. The maximum atomic E-state index is 11.2. The zero-order chi connectivity index (χ0) is 10.7. The molecule has 0 aliphatic carbocycles. The molecule has 74 valence electrons. The van der Waals surface area contributed by atoms with Crippen molar-refractivity contribution < 1.29 is 14.5 Å². The molecule has 1 aromatic heterocycles. The Bertz CT molecular complexity index is 389. The topological polar surface area (TPSA) is 82.3 Å². The first-order valence-corrected chi connectivity index (χ1v) is 3.75. The summed E-state index contributed by atoms with van der Waals surface area (Å²) in [6, 6.07) is 0. The predicted molar refractivity (Wildman–Crippen MR) is 47.0 cm³/mol. The number of esters is 1. The van der Waals surface area contributed by atoms with Crippen LogP contribution in [0.15, 0.2) is 12.4 Å². The molecule has 0 aliphatic rings. The van der Waals surface area contributed by atoms with E-state index in [1.165, 1.54) is 13.3 Å². The van der Waals surface area contributed by atoms with Crippen LogP contribution in [0.1, 0.15) is 15.9 Å². The van der Waals surface area contributed by atoms with Crippen molar-refractivity contribution in [1.82, 2.24) is 4.98 Å². The van der Waals surface area contributed by atoms with E-state index in [0.717, 1.165) is 6.20 Å². The highest BCUT2D eigenvalue weighted by atomic mass is 16.6. The molecule has 0 spiro atoms. The summed E-state index contributed by atoms with van der Waals surface area (Å²) in [6.45, 7) is 1.56. The molecule has 0 radical (unpaired) electrons. The highest BCUT2D eigenvalue weighted by Crippen LogP contribution is 2.20. The lowest BCUT2D eigenvalue weighted by Gasteiger charge is -2.02. The summed E-state index contributed by atoms with van der Waals surface area (Å²) in [5.41, 5.74) is 0.0374. The summed E-state index contributed by atoms with van der Waals surface area (Å²) in [5, 5.41) is 10.6. The number of ether oxygens (including phenoxy) is 1. The highest BCUT2D eigenvalue weighted by molar-refractivity contribution is 5.95. The van der Waals surface area contributed by atoms with Gasteiger partial charge in [0.15, 0.2) is 0 Å². The average Bonchev–Trinajstić information content (AvgIpc) is 2.16. The quantitative estimate of drug-likeness (QED) is 0.401. The van der Waals surface area contributed by atoms with Crippen molar-refractivity contribution in [1.29, 1.82) is 0 Å². The van der Waals surface area contributed by atoms with Crippen LogP contribution >= 0.6 is 0 Å². The van der Waals surface area contributed by atoms with E-state index in [-0.39, 0.29) is 11.3 Å². The fourth-order valence-corrected chi connectivity index (χ4v) is 1.06. The van der Waals surface area contributed by atoms with Crippen LogP contribution in [0.4, 0.5) is 5.69 Å². The maximum absolute atomic E-state index is 11.2. The van der Waals surface area contributed by atoms with Gasteiger partial charge in [0.2, 0.25) is 0 Å². The maximum Gasteiger partial charge on any atom is 0.345 e. The second kappa shape index (κ2) is 3.82. The summed E-state index contributed by atoms with van der Waals surface area (Å²) < 4.78 is 4.44. The van der Waals surface area contributed by atoms with Gasteiger partial charge in [-0.3, -0.25) is 15.1 Å². The fraction of sp³-hybridized carbons (Fsp3) is 0.250. The first-order chi connectivity index (χ1) is 6.57. The molecule has 0 unspecified atom stereocenters. The molecule has 6 nitrogen and oxygen atoms in total. The third kappa shape index (κ3) is 1.68. The number of carbonyl (C=O) groups excluding carboxylic acids is 1. The van der Waals surface area contributed by atoms with Crippen LogP contribution in [-0.4, -0.2) is 23.0 Å². The number of nitro groups is 1. The Morgan fingerprint density at radius 3 is 2.71 bits per heavy atom. The van der Waals surface area contributed by atoms with E-state index in [0.29, 0.717) is 5.56 Å². The van der Waals surface area contributed by atoms with Gasteiger partial charge in [0.05, 0.1) is 12.0 Å². The van der Waals surface area contributed by atoms with Gasteiger partial charge in [-0.25, -0.2) is 4.79 Å². The number of nitrogens with zero attached hydrogens (tertiary/aromatic N) is 2. The van der Waals surface area contributed by atoms with Crippen molar-refractivity contribution in [2.24, 2.45) is 0 Å². The number of carbonyl (C=O) groups is 1. The molecule has 6 heteroatoms. The largest absolute Gasteiger partial charge is 0.465 e. The Morgan fingerprint density at radius 2 is 2.21 bits per heavy atom. The van der Waals surface area contributed by atoms with Crippen LogP contribution in [0, 0.1) is 17.0 Å². The number of methoxy groups -OCH3 is 1. The molecule has 0 N–H and O–H groups in total. The Morgan fingerprint density at radius 1 is 1.57 bits per heavy atom. The lowest BCUT2D eigenvalue weighted by Crippen LogP contribution is -2.08. The molecule has 0 saturated heterocycles. The Labute approximate surface area is 79.7 Å². The molecular weight excluding hydrogens is 188 g/mol. The van der Waals surface area contributed by atoms with Crippen molar-refractivity contribution in [3.05, 3.63) is 33.6 Å². The van der Waals surface area contributed by atoms with Gasteiger partial charge in [0.1, 0.15) is 11.8 Å². The molecular formula is C8H8N2O4. The minimum absolute atomic E-state index is 0.0486. The minimum atomic E-state index is -0.725. The smallest absolute Gasteiger partial charge is 0.345 e. The number of hydrogen-bond acceptors (Lipinski definition) is 5. The zero-order valence-electron chi connectivity index (χ0n) is 7.68. The number of hydrogen-bond donors (Lipinski definition) is 0. The first-order valence-electron chi connectivity index (χ1n) is 3.75. The fourth-order valence-electron chi connectivity index (χ4n) is 1.06. The van der Waals surface area contributed by atoms with Crippen LogP contribution in [0.25, 0.3) is 0 Å². The summed E-state index contributed by atoms with van der Waals surface area (Å²) in [7, 11) is 1.17. The molecule has 0 fully saturated rings. The van der Waals surface area contributed by atoms with Crippen molar-refractivity contribution in [2.75, 3.05) is 7.11 Å². The van der Waals surface area contributed by atoms with Gasteiger partial charge < -0.3 is 4.74 Å². The second-order valence-electron chi connectivity index (χ2n) is 2.60. The Kier molecular flexibility index (Phi) is 2.76. The van der Waals surface area contributed by atoms with E-state index in [2.05, 4.69) is 9.72 Å². The third-order valence-electron chi connectivity index (χ3n) is 1.70. The Hall–Kier alpha value is -1.98. The van der Waals surface area contributed by atoms with E-state index < -0.39 is 10.9 Å². The molecule has 14 heavy (non-hydrogen) atoms. The molecule has 1 heterocycles. The second-order valence-corrected chi connectivity index (χ2v) is 2.60. The summed E-state index contributed by atoms with van der Waals surface area (Å²) in [6.07, 6.45) is 2.40. The third-order valence-corrected chi connectivity index (χ3v) is 1.70. The molecule has 0 saturated carbocycles. The van der Waals surface area contributed by atoms with Crippen LogP contribution in [0.2, 0.25) is 0 Å². The minimum Gasteiger partial charge on any atom is -0.465 e. The van der Waals surface area contributed by atoms with Gasteiger partial charge in [-0.05, 0) is 12.5 Å². The predicted octanol–water partition coefficient (Wildman–Crippen LogP) is 1.08. The van der Waals surface area contributed by atoms with Gasteiger partial charge in [0.25, 0.3) is 0 Å². The SMILES string of the molecule is COC(=O)c1c(C)cncc1[N+](=O)[O-]. The summed E-state index contributed by atoms with van der Waals surface area (Å²) in [5.74, 6) is -0.725. The number of aryl methyl sites for hydroxylation is 1. The molecule has 1 rings (SSSR count). The van der Waals surface area contributed by atoms with Gasteiger partial charge in [-0.15, -0.1) is 0 Å². The van der Waals surface area contributed by atoms with Crippen molar-refractivity contribution in [3.63, 3.8) is 0 Å². The normalized spacial score (nSPS) is 9.57. The molecule has 0 amide bonds. The number of rotatable bonds is 2. The van der Waals surface area contributed by atoms with E-state index in [9.17, 15) is 14.9 Å². The molecule has 0 atom stereocenters. The van der Waals surface area contributed by atoms with E-state index in [1.54, 1.807) is 6.92 Å². The van der Waals surface area contributed by atoms with E-state index in [1.807, 2.05) is 0 Å². The zero-order valence-corrected chi connectivity index (χ0v) is 7.68. The number of pyridine rings is 1. The van der Waals surface area contributed by atoms with E-state index in [4.69, 9.17) is 0 Å². The van der Waals surface area contributed by atoms with Crippen molar-refractivity contribution in [3.8, 4) is 0 Å². The number of aromatic nitrogens is 1. The summed E-state index contributed by atoms with van der Waals surface area (Å²) in [4.78, 5) is 24.7.